The Morgan fingerprint density at radius 2 is 1.63 bits per heavy atom. The first-order valence-corrected chi connectivity index (χ1v) is 6.88. The lowest BCUT2D eigenvalue weighted by atomic mass is 10.1. The smallest absolute Gasteiger partial charge is 0.233 e. The molecule has 0 saturated heterocycles. The molecule has 0 aliphatic rings. The monoisotopic (exact) mass is 311 g/mol. The molecule has 0 spiro atoms. The van der Waals surface area contributed by atoms with Crippen LogP contribution in [0.1, 0.15) is 11.1 Å². The van der Waals surface area contributed by atoms with Crippen LogP contribution in [-0.4, -0.2) is 9.50 Å². The van der Waals surface area contributed by atoms with Crippen LogP contribution in [0.15, 0.2) is 59.6 Å². The van der Waals surface area contributed by atoms with E-state index in [4.69, 9.17) is 34.8 Å². The fourth-order valence-electron chi connectivity index (χ4n) is 1.71. The van der Waals surface area contributed by atoms with Gasteiger partial charge < -0.3 is 0 Å². The van der Waals surface area contributed by atoms with Crippen molar-refractivity contribution in [2.45, 2.75) is 10.7 Å². The summed E-state index contributed by atoms with van der Waals surface area (Å²) in [5.41, 5.74) is 3.09. The number of benzene rings is 2. The lowest BCUT2D eigenvalue weighted by molar-refractivity contribution is 1.38. The summed E-state index contributed by atoms with van der Waals surface area (Å²) in [4.78, 5) is 4.48. The number of aliphatic imine (C=N–C) groups is 1. The SMILES string of the molecule is Cc1cccc(N=C(c2ccccc2)C(Cl)(Cl)Cl)c1. The molecule has 0 aromatic heterocycles. The van der Waals surface area contributed by atoms with E-state index in [2.05, 4.69) is 4.99 Å². The third-order valence-electron chi connectivity index (χ3n) is 2.56. The van der Waals surface area contributed by atoms with Gasteiger partial charge in [-0.15, -0.1) is 0 Å². The van der Waals surface area contributed by atoms with Crippen molar-refractivity contribution in [2.75, 3.05) is 0 Å². The highest BCUT2D eigenvalue weighted by atomic mass is 35.6. The van der Waals surface area contributed by atoms with Gasteiger partial charge in [-0.2, -0.15) is 0 Å². The van der Waals surface area contributed by atoms with Gasteiger partial charge in [0.05, 0.1) is 11.4 Å². The Morgan fingerprint density at radius 3 is 2.21 bits per heavy atom. The zero-order chi connectivity index (χ0) is 13.9. The molecule has 0 atom stereocenters. The quantitative estimate of drug-likeness (QED) is 0.514. The first-order valence-electron chi connectivity index (χ1n) is 5.75. The Labute approximate surface area is 127 Å². The maximum atomic E-state index is 6.02. The van der Waals surface area contributed by atoms with Gasteiger partial charge in [0.2, 0.25) is 3.79 Å². The van der Waals surface area contributed by atoms with E-state index >= 15 is 0 Å². The first kappa shape index (κ1) is 14.4. The molecule has 98 valence electrons. The maximum absolute atomic E-state index is 6.02. The Hall–Kier alpha value is -1.02. The lowest BCUT2D eigenvalue weighted by Gasteiger charge is -2.15. The standard InChI is InChI=1S/C15H12Cl3N/c1-11-6-5-9-13(10-11)19-14(15(16,17)18)12-7-3-2-4-8-12/h2-10H,1H3. The van der Waals surface area contributed by atoms with E-state index in [1.54, 1.807) is 0 Å². The van der Waals surface area contributed by atoms with Crippen molar-refractivity contribution in [3.63, 3.8) is 0 Å². The van der Waals surface area contributed by atoms with Crippen molar-refractivity contribution in [3.8, 4) is 0 Å². The molecule has 0 fully saturated rings. The molecule has 2 aromatic rings. The number of aryl methyl sites for hydroxylation is 1. The number of halogens is 3. The van der Waals surface area contributed by atoms with Crippen LogP contribution in [-0.2, 0) is 0 Å². The summed E-state index contributed by atoms with van der Waals surface area (Å²) in [6.07, 6.45) is 0. The van der Waals surface area contributed by atoms with Gasteiger partial charge in [0.1, 0.15) is 0 Å². The zero-order valence-electron chi connectivity index (χ0n) is 10.3. The number of rotatable bonds is 2. The molecule has 0 aliphatic heterocycles. The minimum atomic E-state index is -1.56. The predicted molar refractivity (Wildman–Crippen MR) is 84.1 cm³/mol. The average molecular weight is 313 g/mol. The number of nitrogens with zero attached hydrogens (tertiary/aromatic N) is 1. The Bertz CT molecular complexity index is 586. The molecule has 0 bridgehead atoms. The Balaban J connectivity index is 2.51. The van der Waals surface area contributed by atoms with Crippen molar-refractivity contribution >= 4 is 46.2 Å². The molecule has 0 N–H and O–H groups in total. The fourth-order valence-corrected chi connectivity index (χ4v) is 2.17. The number of alkyl halides is 3. The largest absolute Gasteiger partial charge is 0.248 e. The second-order valence-corrected chi connectivity index (χ2v) is 6.44. The molecule has 0 unspecified atom stereocenters. The molecule has 2 rings (SSSR count). The normalized spacial score (nSPS) is 12.5. The fraction of sp³-hybridized carbons (Fsp3) is 0.133. The van der Waals surface area contributed by atoms with Gasteiger partial charge in [0.15, 0.2) is 0 Å². The Kier molecular flexibility index (Phi) is 4.51. The summed E-state index contributed by atoms with van der Waals surface area (Å²) in [7, 11) is 0. The second-order valence-electron chi connectivity index (χ2n) is 4.16. The molecular formula is C15H12Cl3N. The van der Waals surface area contributed by atoms with E-state index in [0.29, 0.717) is 5.71 Å². The molecule has 4 heteroatoms. The molecule has 2 aromatic carbocycles. The summed E-state index contributed by atoms with van der Waals surface area (Å²) >= 11 is 18.1. The minimum Gasteiger partial charge on any atom is -0.248 e. The molecule has 0 aliphatic carbocycles. The average Bonchev–Trinajstić information content (AvgIpc) is 2.36. The van der Waals surface area contributed by atoms with Crippen LogP contribution in [0.3, 0.4) is 0 Å². The molecule has 19 heavy (non-hydrogen) atoms. The van der Waals surface area contributed by atoms with E-state index in [9.17, 15) is 0 Å². The Morgan fingerprint density at radius 1 is 0.947 bits per heavy atom. The summed E-state index contributed by atoms with van der Waals surface area (Å²) in [5.74, 6) is 0. The number of hydrogen-bond donors (Lipinski definition) is 0. The molecular weight excluding hydrogens is 301 g/mol. The van der Waals surface area contributed by atoms with Gasteiger partial charge in [0, 0.05) is 5.56 Å². The number of hydrogen-bond acceptors (Lipinski definition) is 1. The highest BCUT2D eigenvalue weighted by Gasteiger charge is 2.29. The highest BCUT2D eigenvalue weighted by molar-refractivity contribution is 6.78. The first-order chi connectivity index (χ1) is 8.97. The zero-order valence-corrected chi connectivity index (χ0v) is 12.5. The lowest BCUT2D eigenvalue weighted by Crippen LogP contribution is -2.20. The van der Waals surface area contributed by atoms with Gasteiger partial charge in [-0.1, -0.05) is 77.3 Å². The third-order valence-corrected chi connectivity index (χ3v) is 3.10. The van der Waals surface area contributed by atoms with Crippen LogP contribution in [0.25, 0.3) is 0 Å². The van der Waals surface area contributed by atoms with Gasteiger partial charge in [-0.3, -0.25) is 0 Å². The maximum Gasteiger partial charge on any atom is 0.233 e. The summed E-state index contributed by atoms with van der Waals surface area (Å²) in [6, 6.07) is 17.2. The van der Waals surface area contributed by atoms with Gasteiger partial charge >= 0.3 is 0 Å². The topological polar surface area (TPSA) is 12.4 Å². The van der Waals surface area contributed by atoms with Crippen LogP contribution in [0.5, 0.6) is 0 Å². The van der Waals surface area contributed by atoms with E-state index in [1.165, 1.54) is 0 Å². The van der Waals surface area contributed by atoms with E-state index < -0.39 is 3.79 Å². The molecule has 0 radical (unpaired) electrons. The van der Waals surface area contributed by atoms with Crippen molar-refractivity contribution in [1.29, 1.82) is 0 Å². The van der Waals surface area contributed by atoms with Crippen molar-refractivity contribution in [2.24, 2.45) is 4.99 Å². The van der Waals surface area contributed by atoms with Crippen LogP contribution in [0.4, 0.5) is 5.69 Å². The van der Waals surface area contributed by atoms with Crippen LogP contribution in [0, 0.1) is 6.92 Å². The minimum absolute atomic E-state index is 0.420. The molecule has 0 amide bonds. The van der Waals surface area contributed by atoms with E-state index in [-0.39, 0.29) is 0 Å². The summed E-state index contributed by atoms with van der Waals surface area (Å²) < 4.78 is -1.56. The molecule has 1 nitrogen and oxygen atoms in total. The van der Waals surface area contributed by atoms with Gasteiger partial charge in [-0.05, 0) is 24.6 Å². The van der Waals surface area contributed by atoms with Crippen LogP contribution < -0.4 is 0 Å². The third kappa shape index (κ3) is 3.97. The van der Waals surface area contributed by atoms with Crippen LogP contribution >= 0.6 is 34.8 Å². The van der Waals surface area contributed by atoms with E-state index in [0.717, 1.165) is 16.8 Å². The second kappa shape index (κ2) is 5.96. The summed E-state index contributed by atoms with van der Waals surface area (Å²) in [5, 5.41) is 0. The van der Waals surface area contributed by atoms with Crippen molar-refractivity contribution < 1.29 is 0 Å². The predicted octanol–water partition coefficient (Wildman–Crippen LogP) is 5.49. The molecule has 0 heterocycles. The van der Waals surface area contributed by atoms with E-state index in [1.807, 2.05) is 61.5 Å². The van der Waals surface area contributed by atoms with Gasteiger partial charge in [-0.25, -0.2) is 4.99 Å². The molecule has 0 saturated carbocycles. The highest BCUT2D eigenvalue weighted by Crippen LogP contribution is 2.33. The van der Waals surface area contributed by atoms with Crippen LogP contribution in [0.2, 0.25) is 0 Å². The summed E-state index contributed by atoms with van der Waals surface area (Å²) in [6.45, 7) is 2.00. The van der Waals surface area contributed by atoms with Crippen molar-refractivity contribution in [1.82, 2.24) is 0 Å². The van der Waals surface area contributed by atoms with Crippen molar-refractivity contribution in [3.05, 3.63) is 65.7 Å². The van der Waals surface area contributed by atoms with Gasteiger partial charge in [0.25, 0.3) is 0 Å².